The molecule has 7 heteroatoms. The maximum atomic E-state index is 11.9. The number of aryl methyl sites for hydroxylation is 1. The summed E-state index contributed by atoms with van der Waals surface area (Å²) in [6, 6.07) is 6.89. The number of benzene rings is 1. The Morgan fingerprint density at radius 2 is 2.19 bits per heavy atom. The number of hydrogen-bond donors (Lipinski definition) is 3. The lowest BCUT2D eigenvalue weighted by Gasteiger charge is -2.11. The minimum Gasteiger partial charge on any atom is -0.345 e. The van der Waals surface area contributed by atoms with E-state index in [0.29, 0.717) is 11.4 Å². The Morgan fingerprint density at radius 1 is 1.38 bits per heavy atom. The van der Waals surface area contributed by atoms with Gasteiger partial charge in [-0.3, -0.25) is 14.7 Å². The highest BCUT2D eigenvalue weighted by Crippen LogP contribution is 2.04. The molecule has 1 aromatic carbocycles. The normalized spacial score (nSPS) is 11.7. The maximum absolute atomic E-state index is 11.9. The van der Waals surface area contributed by atoms with Gasteiger partial charge in [-0.05, 0) is 26.0 Å². The van der Waals surface area contributed by atoms with Gasteiger partial charge < -0.3 is 10.6 Å². The summed E-state index contributed by atoms with van der Waals surface area (Å²) < 4.78 is 0. The van der Waals surface area contributed by atoms with Crippen LogP contribution in [0.5, 0.6) is 0 Å². The second-order valence-electron chi connectivity index (χ2n) is 4.71. The van der Waals surface area contributed by atoms with Crippen LogP contribution in [0.2, 0.25) is 0 Å². The Morgan fingerprint density at radius 3 is 2.86 bits per heavy atom. The minimum absolute atomic E-state index is 0.0920. The molecular weight excluding hydrogens is 270 g/mol. The molecule has 2 amide bonds. The number of hydrogen-bond acceptors (Lipinski definition) is 4. The van der Waals surface area contributed by atoms with Gasteiger partial charge in [-0.2, -0.15) is 5.10 Å². The van der Waals surface area contributed by atoms with Crippen molar-refractivity contribution in [2.24, 2.45) is 0 Å². The Kier molecular flexibility index (Phi) is 4.65. The van der Waals surface area contributed by atoms with Crippen molar-refractivity contribution in [2.75, 3.05) is 6.54 Å². The van der Waals surface area contributed by atoms with Crippen LogP contribution in [0.15, 0.2) is 30.6 Å². The van der Waals surface area contributed by atoms with Crippen LogP contribution >= 0.6 is 0 Å². The highest BCUT2D eigenvalue weighted by Gasteiger charge is 2.13. The summed E-state index contributed by atoms with van der Waals surface area (Å²) in [4.78, 5) is 27.6. The van der Waals surface area contributed by atoms with Gasteiger partial charge in [0.15, 0.2) is 0 Å². The first-order valence-electron chi connectivity index (χ1n) is 6.56. The van der Waals surface area contributed by atoms with Crippen LogP contribution in [0, 0.1) is 6.92 Å². The average molecular weight is 287 g/mol. The fourth-order valence-corrected chi connectivity index (χ4v) is 1.83. The third kappa shape index (κ3) is 4.13. The van der Waals surface area contributed by atoms with E-state index in [9.17, 15) is 9.59 Å². The lowest BCUT2D eigenvalue weighted by molar-refractivity contribution is -0.120. The summed E-state index contributed by atoms with van der Waals surface area (Å²) in [7, 11) is 0. The van der Waals surface area contributed by atoms with Crippen molar-refractivity contribution >= 4 is 11.8 Å². The van der Waals surface area contributed by atoms with Crippen LogP contribution in [0.4, 0.5) is 0 Å². The van der Waals surface area contributed by atoms with Crippen molar-refractivity contribution in [3.63, 3.8) is 0 Å². The van der Waals surface area contributed by atoms with E-state index in [1.807, 2.05) is 13.0 Å². The lowest BCUT2D eigenvalue weighted by atomic mass is 10.1. The van der Waals surface area contributed by atoms with Gasteiger partial charge in [-0.25, -0.2) is 4.98 Å². The molecule has 0 saturated heterocycles. The Bertz CT molecular complexity index is 624. The summed E-state index contributed by atoms with van der Waals surface area (Å²) in [6.07, 6.45) is 1.37. The van der Waals surface area contributed by atoms with Crippen molar-refractivity contribution in [3.05, 3.63) is 47.5 Å². The first-order valence-corrected chi connectivity index (χ1v) is 6.56. The highest BCUT2D eigenvalue weighted by molar-refractivity contribution is 5.96. The van der Waals surface area contributed by atoms with E-state index >= 15 is 0 Å². The Labute approximate surface area is 122 Å². The van der Waals surface area contributed by atoms with Crippen molar-refractivity contribution in [1.82, 2.24) is 25.8 Å². The van der Waals surface area contributed by atoms with Gasteiger partial charge in [0.2, 0.25) is 5.91 Å². The molecule has 1 unspecified atom stereocenters. The van der Waals surface area contributed by atoms with Crippen LogP contribution in [0.3, 0.4) is 0 Å². The molecule has 0 fully saturated rings. The molecular formula is C14H17N5O2. The number of carbonyl (C=O) groups excluding carboxylic acids is 2. The van der Waals surface area contributed by atoms with E-state index in [-0.39, 0.29) is 24.4 Å². The number of aromatic nitrogens is 3. The zero-order chi connectivity index (χ0) is 15.2. The van der Waals surface area contributed by atoms with Crippen LogP contribution in [-0.2, 0) is 4.79 Å². The maximum Gasteiger partial charge on any atom is 0.251 e. The fraction of sp³-hybridized carbons (Fsp3) is 0.286. The second kappa shape index (κ2) is 6.65. The van der Waals surface area contributed by atoms with Crippen molar-refractivity contribution in [2.45, 2.75) is 19.9 Å². The predicted molar refractivity (Wildman–Crippen MR) is 76.5 cm³/mol. The third-order valence-corrected chi connectivity index (χ3v) is 2.91. The molecule has 21 heavy (non-hydrogen) atoms. The topological polar surface area (TPSA) is 99.8 Å². The van der Waals surface area contributed by atoms with E-state index in [0.717, 1.165) is 5.56 Å². The standard InChI is InChI=1S/C14H17N5O2/c1-9-4-3-5-11(6-9)14(21)15-7-12(20)18-10(2)13-16-8-17-19-13/h3-6,8,10H,7H2,1-2H3,(H,15,21)(H,18,20)(H,16,17,19). The van der Waals surface area contributed by atoms with Gasteiger partial charge in [0.25, 0.3) is 5.91 Å². The Balaban J connectivity index is 1.82. The smallest absolute Gasteiger partial charge is 0.251 e. The SMILES string of the molecule is Cc1cccc(C(=O)NCC(=O)NC(C)c2ncn[nH]2)c1. The summed E-state index contributed by atoms with van der Waals surface area (Å²) >= 11 is 0. The Hall–Kier alpha value is -2.70. The van der Waals surface area contributed by atoms with Gasteiger partial charge in [-0.1, -0.05) is 17.7 Å². The van der Waals surface area contributed by atoms with E-state index in [1.165, 1.54) is 6.33 Å². The molecule has 2 aromatic rings. The predicted octanol–water partition coefficient (Wildman–Crippen LogP) is 0.720. The molecule has 0 bridgehead atoms. The molecule has 0 aliphatic carbocycles. The first-order chi connectivity index (χ1) is 10.1. The summed E-state index contributed by atoms with van der Waals surface area (Å²) in [5, 5.41) is 11.7. The van der Waals surface area contributed by atoms with Gasteiger partial charge in [0, 0.05) is 5.56 Å². The molecule has 0 aliphatic rings. The van der Waals surface area contributed by atoms with Crippen molar-refractivity contribution in [3.8, 4) is 0 Å². The third-order valence-electron chi connectivity index (χ3n) is 2.91. The number of amides is 2. The number of aromatic amines is 1. The second-order valence-corrected chi connectivity index (χ2v) is 4.71. The molecule has 1 heterocycles. The molecule has 7 nitrogen and oxygen atoms in total. The number of nitrogens with one attached hydrogen (secondary N) is 3. The molecule has 0 aliphatic heterocycles. The molecule has 3 N–H and O–H groups in total. The van der Waals surface area contributed by atoms with E-state index in [1.54, 1.807) is 25.1 Å². The van der Waals surface area contributed by atoms with Crippen LogP contribution in [-0.4, -0.2) is 33.5 Å². The van der Waals surface area contributed by atoms with Gasteiger partial charge in [0.1, 0.15) is 12.2 Å². The quantitative estimate of drug-likeness (QED) is 0.754. The lowest BCUT2D eigenvalue weighted by Crippen LogP contribution is -2.38. The van der Waals surface area contributed by atoms with Crippen molar-refractivity contribution < 1.29 is 9.59 Å². The van der Waals surface area contributed by atoms with Gasteiger partial charge in [-0.15, -0.1) is 0 Å². The zero-order valence-electron chi connectivity index (χ0n) is 11.9. The zero-order valence-corrected chi connectivity index (χ0v) is 11.9. The molecule has 0 saturated carbocycles. The van der Waals surface area contributed by atoms with Crippen LogP contribution < -0.4 is 10.6 Å². The summed E-state index contributed by atoms with van der Waals surface area (Å²) in [5.41, 5.74) is 1.53. The van der Waals surface area contributed by atoms with Crippen LogP contribution in [0.25, 0.3) is 0 Å². The largest absolute Gasteiger partial charge is 0.345 e. The summed E-state index contributed by atoms with van der Waals surface area (Å²) in [5.74, 6) is -0.00516. The van der Waals surface area contributed by atoms with Crippen molar-refractivity contribution in [1.29, 1.82) is 0 Å². The van der Waals surface area contributed by atoms with E-state index in [4.69, 9.17) is 0 Å². The monoisotopic (exact) mass is 287 g/mol. The molecule has 110 valence electrons. The number of carbonyl (C=O) groups is 2. The molecule has 0 radical (unpaired) electrons. The molecule has 0 spiro atoms. The average Bonchev–Trinajstić information content (AvgIpc) is 2.99. The van der Waals surface area contributed by atoms with E-state index in [2.05, 4.69) is 25.8 Å². The highest BCUT2D eigenvalue weighted by atomic mass is 16.2. The van der Waals surface area contributed by atoms with Crippen LogP contribution in [0.1, 0.15) is 34.7 Å². The van der Waals surface area contributed by atoms with Gasteiger partial charge in [0.05, 0.1) is 12.6 Å². The minimum atomic E-state index is -0.295. The number of nitrogens with zero attached hydrogens (tertiary/aromatic N) is 2. The number of rotatable bonds is 5. The van der Waals surface area contributed by atoms with E-state index < -0.39 is 0 Å². The molecule has 2 rings (SSSR count). The molecule has 1 atom stereocenters. The summed E-state index contributed by atoms with van der Waals surface area (Å²) in [6.45, 7) is 3.59. The van der Waals surface area contributed by atoms with Gasteiger partial charge >= 0.3 is 0 Å². The first kappa shape index (κ1) is 14.7. The number of H-pyrrole nitrogens is 1. The fourth-order valence-electron chi connectivity index (χ4n) is 1.83. The molecule has 1 aromatic heterocycles.